The highest BCUT2D eigenvalue weighted by atomic mass is 16.5. The lowest BCUT2D eigenvalue weighted by molar-refractivity contribution is -0.138. The van der Waals surface area contributed by atoms with Gasteiger partial charge in [0.1, 0.15) is 18.0 Å². The maximum absolute atomic E-state index is 11.2. The highest BCUT2D eigenvalue weighted by molar-refractivity contribution is 5.67. The molecule has 1 atom stereocenters. The van der Waals surface area contributed by atoms with Crippen LogP contribution in [0.3, 0.4) is 0 Å². The molecule has 4 aromatic rings. The van der Waals surface area contributed by atoms with E-state index in [1.165, 1.54) is 4.80 Å². The van der Waals surface area contributed by atoms with Gasteiger partial charge in [0, 0.05) is 38.8 Å². The summed E-state index contributed by atoms with van der Waals surface area (Å²) in [7, 11) is 1.81. The van der Waals surface area contributed by atoms with E-state index in [1.807, 2.05) is 26.1 Å². The second-order valence-corrected chi connectivity index (χ2v) is 8.82. The van der Waals surface area contributed by atoms with Gasteiger partial charge >= 0.3 is 5.97 Å². The van der Waals surface area contributed by atoms with Gasteiger partial charge in [-0.05, 0) is 43.9 Å². The van der Waals surface area contributed by atoms with Gasteiger partial charge in [-0.3, -0.25) is 4.79 Å². The number of anilines is 1. The predicted molar refractivity (Wildman–Crippen MR) is 130 cm³/mol. The third kappa shape index (κ3) is 5.02. The number of piperidine rings is 1. The van der Waals surface area contributed by atoms with Gasteiger partial charge in [-0.2, -0.15) is 15.0 Å². The molecule has 1 aliphatic rings. The highest BCUT2D eigenvalue weighted by Crippen LogP contribution is 2.29. The van der Waals surface area contributed by atoms with Crippen molar-refractivity contribution in [2.45, 2.75) is 32.8 Å². The van der Waals surface area contributed by atoms with Crippen molar-refractivity contribution in [3.05, 3.63) is 54.2 Å². The molecule has 0 spiro atoms. The first-order valence-corrected chi connectivity index (χ1v) is 11.8. The van der Waals surface area contributed by atoms with Crippen LogP contribution >= 0.6 is 0 Å². The number of hydrogen-bond acceptors (Lipinski definition) is 9. The SMILES string of the molecule is Cc1nc(-c2nnn(C)c2COc2cc(-n3nccn3)ccn2)ccc1N1CCCC(CC(=O)O)C1. The molecule has 0 amide bonds. The highest BCUT2D eigenvalue weighted by Gasteiger charge is 2.24. The Morgan fingerprint density at radius 3 is 2.81 bits per heavy atom. The van der Waals surface area contributed by atoms with Crippen LogP contribution in [0.2, 0.25) is 0 Å². The van der Waals surface area contributed by atoms with Crippen molar-refractivity contribution >= 4 is 11.7 Å². The second-order valence-electron chi connectivity index (χ2n) is 8.82. The summed E-state index contributed by atoms with van der Waals surface area (Å²) < 4.78 is 7.63. The van der Waals surface area contributed by atoms with Gasteiger partial charge in [-0.1, -0.05) is 5.21 Å². The quantitative estimate of drug-likeness (QED) is 0.393. The summed E-state index contributed by atoms with van der Waals surface area (Å²) in [6, 6.07) is 7.52. The van der Waals surface area contributed by atoms with Gasteiger partial charge in [0.25, 0.3) is 0 Å². The molecule has 1 N–H and O–H groups in total. The van der Waals surface area contributed by atoms with Crippen LogP contribution in [0.5, 0.6) is 5.88 Å². The fraction of sp³-hybridized carbons (Fsp3) is 0.375. The molecule has 0 bridgehead atoms. The number of hydrogen-bond donors (Lipinski definition) is 1. The molecule has 0 radical (unpaired) electrons. The van der Waals surface area contributed by atoms with E-state index in [4.69, 9.17) is 9.72 Å². The Morgan fingerprint density at radius 2 is 2.03 bits per heavy atom. The van der Waals surface area contributed by atoms with Gasteiger partial charge in [0.05, 0.1) is 35.2 Å². The Morgan fingerprint density at radius 1 is 1.19 bits per heavy atom. The van der Waals surface area contributed by atoms with Crippen LogP contribution in [0.4, 0.5) is 5.69 Å². The Labute approximate surface area is 207 Å². The Hall–Kier alpha value is -4.35. The molecule has 1 unspecified atom stereocenters. The summed E-state index contributed by atoms with van der Waals surface area (Å²) in [5.41, 5.74) is 4.72. The zero-order valence-corrected chi connectivity index (χ0v) is 20.2. The van der Waals surface area contributed by atoms with E-state index >= 15 is 0 Å². The molecule has 0 aromatic carbocycles. The molecule has 0 aliphatic carbocycles. The third-order valence-electron chi connectivity index (χ3n) is 6.29. The van der Waals surface area contributed by atoms with Gasteiger partial charge in [0.15, 0.2) is 0 Å². The van der Waals surface area contributed by atoms with Gasteiger partial charge < -0.3 is 14.7 Å². The maximum Gasteiger partial charge on any atom is 0.303 e. The number of rotatable bonds is 8. The number of pyridine rings is 2. The van der Waals surface area contributed by atoms with Crippen molar-refractivity contribution in [1.29, 1.82) is 0 Å². The zero-order valence-electron chi connectivity index (χ0n) is 20.2. The molecule has 4 aromatic heterocycles. The van der Waals surface area contributed by atoms with Crippen LogP contribution in [0.1, 0.15) is 30.7 Å². The number of carboxylic acid groups (broad SMARTS) is 1. The van der Waals surface area contributed by atoms with E-state index in [9.17, 15) is 9.90 Å². The van der Waals surface area contributed by atoms with E-state index < -0.39 is 5.97 Å². The lowest BCUT2D eigenvalue weighted by Gasteiger charge is -2.34. The standard InChI is InChI=1S/C24H27N9O3/c1-16-20(32-11-3-4-17(14-32)12-23(34)35)6-5-19(28-16)24-21(31(2)30-29-24)15-36-22-13-18(7-8-25-22)33-26-9-10-27-33/h5-10,13,17H,3-4,11-12,14-15H2,1-2H3,(H,34,35). The van der Waals surface area contributed by atoms with Crippen molar-refractivity contribution < 1.29 is 14.6 Å². The largest absolute Gasteiger partial charge is 0.481 e. The fourth-order valence-electron chi connectivity index (χ4n) is 4.55. The van der Waals surface area contributed by atoms with Crippen molar-refractivity contribution in [3.63, 3.8) is 0 Å². The number of aliphatic carboxylic acids is 1. The Kier molecular flexibility index (Phi) is 6.56. The number of carboxylic acids is 1. The van der Waals surface area contributed by atoms with E-state index in [1.54, 1.807) is 35.4 Å². The van der Waals surface area contributed by atoms with Crippen LogP contribution in [-0.2, 0) is 18.4 Å². The van der Waals surface area contributed by atoms with E-state index in [-0.39, 0.29) is 18.9 Å². The minimum Gasteiger partial charge on any atom is -0.481 e. The Bertz CT molecular complexity index is 1350. The first-order valence-electron chi connectivity index (χ1n) is 11.8. The molecule has 5 rings (SSSR count). The maximum atomic E-state index is 11.2. The third-order valence-corrected chi connectivity index (χ3v) is 6.29. The molecule has 1 fully saturated rings. The molecule has 1 aliphatic heterocycles. The molecular formula is C24H27N9O3. The number of ether oxygens (including phenoxy) is 1. The summed E-state index contributed by atoms with van der Waals surface area (Å²) in [6.45, 7) is 3.78. The lowest BCUT2D eigenvalue weighted by atomic mass is 9.94. The van der Waals surface area contributed by atoms with Crippen molar-refractivity contribution in [2.75, 3.05) is 18.0 Å². The zero-order chi connectivity index (χ0) is 25.1. The van der Waals surface area contributed by atoms with E-state index in [0.717, 1.165) is 48.7 Å². The molecule has 12 heteroatoms. The molecule has 12 nitrogen and oxygen atoms in total. The minimum absolute atomic E-state index is 0.148. The van der Waals surface area contributed by atoms with Gasteiger partial charge in [-0.15, -0.1) is 5.10 Å². The van der Waals surface area contributed by atoms with Crippen molar-refractivity contribution in [1.82, 2.24) is 40.0 Å². The van der Waals surface area contributed by atoms with E-state index in [0.29, 0.717) is 17.3 Å². The summed E-state index contributed by atoms with van der Waals surface area (Å²) in [4.78, 5) is 24.0. The first-order chi connectivity index (χ1) is 17.5. The predicted octanol–water partition coefficient (Wildman–Crippen LogP) is 2.43. The molecule has 1 saturated heterocycles. The number of aromatic nitrogens is 8. The average Bonchev–Trinajstić information content (AvgIpc) is 3.53. The number of carbonyl (C=O) groups is 1. The van der Waals surface area contributed by atoms with Crippen molar-refractivity contribution in [2.24, 2.45) is 13.0 Å². The molecule has 5 heterocycles. The topological polar surface area (TPSA) is 137 Å². The summed E-state index contributed by atoms with van der Waals surface area (Å²) in [5, 5.41) is 25.9. The molecular weight excluding hydrogens is 462 g/mol. The normalized spacial score (nSPS) is 15.7. The van der Waals surface area contributed by atoms with Gasteiger partial charge in [0.2, 0.25) is 5.88 Å². The molecule has 0 saturated carbocycles. The van der Waals surface area contributed by atoms with Crippen LogP contribution in [0.15, 0.2) is 42.9 Å². The second kappa shape index (κ2) is 10.1. The minimum atomic E-state index is -0.746. The lowest BCUT2D eigenvalue weighted by Crippen LogP contribution is -2.36. The van der Waals surface area contributed by atoms with Crippen molar-refractivity contribution in [3.8, 4) is 23.0 Å². The Balaban J connectivity index is 1.33. The molecule has 186 valence electrons. The fourth-order valence-corrected chi connectivity index (χ4v) is 4.55. The summed E-state index contributed by atoms with van der Waals surface area (Å²) >= 11 is 0. The summed E-state index contributed by atoms with van der Waals surface area (Å²) in [6.07, 6.45) is 6.95. The molecule has 36 heavy (non-hydrogen) atoms. The van der Waals surface area contributed by atoms with Crippen LogP contribution in [0.25, 0.3) is 17.1 Å². The monoisotopic (exact) mass is 489 g/mol. The smallest absolute Gasteiger partial charge is 0.303 e. The van der Waals surface area contributed by atoms with Crippen LogP contribution in [-0.4, -0.2) is 64.1 Å². The summed E-state index contributed by atoms with van der Waals surface area (Å²) in [5.74, 6) is -0.169. The van der Waals surface area contributed by atoms with Gasteiger partial charge in [-0.25, -0.2) is 14.6 Å². The number of aryl methyl sites for hydroxylation is 2. The van der Waals surface area contributed by atoms with Crippen LogP contribution < -0.4 is 9.64 Å². The first kappa shape index (κ1) is 23.4. The van der Waals surface area contributed by atoms with E-state index in [2.05, 4.69) is 30.4 Å². The number of nitrogens with zero attached hydrogens (tertiary/aromatic N) is 9. The average molecular weight is 490 g/mol. The van der Waals surface area contributed by atoms with Crippen LogP contribution in [0, 0.1) is 12.8 Å².